The first-order valence-electron chi connectivity index (χ1n) is 16.3. The van der Waals surface area contributed by atoms with Gasteiger partial charge in [0.25, 0.3) is 11.8 Å². The van der Waals surface area contributed by atoms with Gasteiger partial charge in [0, 0.05) is 49.8 Å². The van der Waals surface area contributed by atoms with Crippen molar-refractivity contribution in [3.05, 3.63) is 102 Å². The van der Waals surface area contributed by atoms with Crippen LogP contribution in [0.1, 0.15) is 45.7 Å². The number of amides is 2. The van der Waals surface area contributed by atoms with Crippen molar-refractivity contribution in [1.29, 1.82) is 0 Å². The topological polar surface area (TPSA) is 136 Å². The smallest absolute Gasteiger partial charge is 0.279 e. The van der Waals surface area contributed by atoms with Gasteiger partial charge in [0.15, 0.2) is 0 Å². The summed E-state index contributed by atoms with van der Waals surface area (Å²) >= 11 is 4.07. The third-order valence-corrected chi connectivity index (χ3v) is 10.2. The summed E-state index contributed by atoms with van der Waals surface area (Å²) in [6, 6.07) is 16.8. The lowest BCUT2D eigenvalue weighted by molar-refractivity contribution is 0.0266. The zero-order valence-corrected chi connectivity index (χ0v) is 32.4. The van der Waals surface area contributed by atoms with E-state index in [9.17, 15) is 18.4 Å². The Morgan fingerprint density at radius 3 is 2.00 bits per heavy atom. The Hall–Kier alpha value is -4.40. The summed E-state index contributed by atoms with van der Waals surface area (Å²) < 4.78 is 34.6. The minimum atomic E-state index is -0.505. The predicted molar refractivity (Wildman–Crippen MR) is 210 cm³/mol. The highest BCUT2D eigenvalue weighted by Crippen LogP contribution is 2.47. The maximum absolute atomic E-state index is 14.9. The highest BCUT2D eigenvalue weighted by atomic mass is 127. The van der Waals surface area contributed by atoms with E-state index in [-0.39, 0.29) is 47.6 Å². The van der Waals surface area contributed by atoms with Crippen molar-refractivity contribution >= 4 is 102 Å². The Kier molecular flexibility index (Phi) is 10.3. The molecular weight excluding hydrogens is 900 g/mol. The van der Waals surface area contributed by atoms with Gasteiger partial charge in [-0.2, -0.15) is 0 Å². The van der Waals surface area contributed by atoms with Gasteiger partial charge in [0.1, 0.15) is 34.6 Å². The average molecular weight is 933 g/mol. The number of anilines is 4. The van der Waals surface area contributed by atoms with Gasteiger partial charge in [-0.05, 0) is 125 Å². The second kappa shape index (κ2) is 14.9. The minimum absolute atomic E-state index is 0.0461. The number of fused-ring (bicyclic) bond motifs is 2. The molecule has 52 heavy (non-hydrogen) atoms. The van der Waals surface area contributed by atoms with Gasteiger partial charge in [-0.1, -0.05) is 0 Å². The molecule has 7 rings (SSSR count). The normalized spacial score (nSPS) is 15.2. The number of hydrogen-bond donors (Lipinski definition) is 4. The van der Waals surface area contributed by atoms with E-state index in [4.69, 9.17) is 14.7 Å². The summed E-state index contributed by atoms with van der Waals surface area (Å²) in [7, 11) is 3.50. The maximum Gasteiger partial charge on any atom is 0.279 e. The van der Waals surface area contributed by atoms with Crippen molar-refractivity contribution < 1.29 is 28.0 Å². The fourth-order valence-corrected chi connectivity index (χ4v) is 7.13. The summed E-state index contributed by atoms with van der Waals surface area (Å²) in [5.74, 6) is -1.07. The van der Waals surface area contributed by atoms with Crippen LogP contribution in [0, 0.1) is 24.7 Å². The summed E-state index contributed by atoms with van der Waals surface area (Å²) in [6.07, 6.45) is 2.40. The number of halogens is 4. The number of carbonyl (C=O) groups is 2. The molecule has 0 radical (unpaired) electrons. The van der Waals surface area contributed by atoms with Crippen LogP contribution in [-0.2, 0) is 23.8 Å². The zero-order valence-electron chi connectivity index (χ0n) is 28.1. The molecule has 1 aliphatic rings. The summed E-state index contributed by atoms with van der Waals surface area (Å²) in [6.45, 7) is 2.24. The van der Waals surface area contributed by atoms with Gasteiger partial charge in [-0.15, -0.1) is 0 Å². The number of benzene rings is 2. The first-order valence-corrected chi connectivity index (χ1v) is 18.4. The van der Waals surface area contributed by atoms with Crippen molar-refractivity contribution in [2.45, 2.75) is 19.3 Å². The van der Waals surface area contributed by atoms with E-state index in [2.05, 4.69) is 26.6 Å². The molecule has 2 unspecified atom stereocenters. The van der Waals surface area contributed by atoms with Gasteiger partial charge < -0.3 is 19.8 Å². The van der Waals surface area contributed by atoms with Gasteiger partial charge >= 0.3 is 0 Å². The monoisotopic (exact) mass is 932 g/mol. The summed E-state index contributed by atoms with van der Waals surface area (Å²) in [5, 5.41) is 7.30. The first kappa shape index (κ1) is 36.0. The van der Waals surface area contributed by atoms with E-state index in [0.29, 0.717) is 33.7 Å². The molecule has 0 bridgehead atoms. The van der Waals surface area contributed by atoms with Crippen molar-refractivity contribution in [1.82, 2.24) is 30.1 Å². The Balaban J connectivity index is 1.08. The summed E-state index contributed by atoms with van der Waals surface area (Å²) in [5.41, 5.74) is 7.85. The van der Waals surface area contributed by atoms with Crippen molar-refractivity contribution in [2.24, 2.45) is 20.0 Å². The lowest BCUT2D eigenvalue weighted by Crippen LogP contribution is -2.25. The molecule has 1 fully saturated rings. The van der Waals surface area contributed by atoms with E-state index < -0.39 is 23.4 Å². The number of aromatic nitrogens is 4. The molecule has 268 valence electrons. The lowest BCUT2D eigenvalue weighted by atomic mass is 10.1. The number of pyridine rings is 2. The number of hydroxylamine groups is 2. The third-order valence-electron chi connectivity index (χ3n) is 8.90. The number of nitrogens with zero attached hydrogens (tertiary/aromatic N) is 4. The van der Waals surface area contributed by atoms with E-state index in [1.54, 1.807) is 72.7 Å². The molecule has 4 aromatic heterocycles. The first-order chi connectivity index (χ1) is 25.0. The Morgan fingerprint density at radius 1 is 0.827 bits per heavy atom. The van der Waals surface area contributed by atoms with Crippen molar-refractivity contribution in [2.75, 3.05) is 23.8 Å². The minimum Gasteiger partial charge on any atom is -0.339 e. The van der Waals surface area contributed by atoms with Crippen LogP contribution in [0.3, 0.4) is 0 Å². The second-order valence-corrected chi connectivity index (χ2v) is 14.7. The van der Waals surface area contributed by atoms with E-state index in [0.717, 1.165) is 19.3 Å². The Labute approximate surface area is 323 Å². The maximum atomic E-state index is 14.9. The highest BCUT2D eigenvalue weighted by Gasteiger charge is 2.40. The summed E-state index contributed by atoms with van der Waals surface area (Å²) in [4.78, 5) is 47.1. The van der Waals surface area contributed by atoms with Crippen LogP contribution in [0.25, 0.3) is 22.1 Å². The fourth-order valence-electron chi connectivity index (χ4n) is 6.22. The number of aryl methyl sites for hydroxylation is 2. The van der Waals surface area contributed by atoms with Crippen LogP contribution in [0.4, 0.5) is 31.8 Å². The quantitative estimate of drug-likeness (QED) is 0.0729. The van der Waals surface area contributed by atoms with E-state index in [1.807, 2.05) is 57.3 Å². The molecular formula is C36H32F2I2N8O4. The van der Waals surface area contributed by atoms with Crippen LogP contribution in [-0.4, -0.2) is 44.1 Å². The second-order valence-electron chi connectivity index (χ2n) is 12.3. The molecule has 1 aliphatic carbocycles. The third kappa shape index (κ3) is 7.03. The Morgan fingerprint density at radius 2 is 1.40 bits per heavy atom. The zero-order chi connectivity index (χ0) is 36.7. The van der Waals surface area contributed by atoms with Crippen molar-refractivity contribution in [3.8, 4) is 0 Å². The molecule has 6 aromatic rings. The molecule has 2 aromatic carbocycles. The number of nitrogens with one attached hydrogen (secondary N) is 4. The van der Waals surface area contributed by atoms with Crippen LogP contribution >= 0.6 is 45.2 Å². The largest absolute Gasteiger partial charge is 0.339 e. The van der Waals surface area contributed by atoms with Crippen LogP contribution in [0.2, 0.25) is 0 Å². The standard InChI is InChI=1S/C36H32F2I2N8O4/c1-4-51-45-35(49)30-22-9-12-26(42-32(22)48(3)34(30)44-28-11-8-20(40)16-25(28)38)23-14-18(23)17-52-46-36(50)29-21-6-5-13-41-31(21)47(2)33(29)43-27-10-7-19(39)15-24(27)37/h5-13,15-16,18,23,43-44H,4,14,17H2,1-3H3,(H,45,49)(H,46,50). The molecule has 2 atom stereocenters. The van der Waals surface area contributed by atoms with E-state index in [1.165, 1.54) is 12.1 Å². The molecule has 2 amide bonds. The molecule has 12 nitrogen and oxygen atoms in total. The lowest BCUT2D eigenvalue weighted by Gasteiger charge is -2.12. The number of rotatable bonds is 12. The predicted octanol–water partition coefficient (Wildman–Crippen LogP) is 7.58. The van der Waals surface area contributed by atoms with Crippen LogP contribution < -0.4 is 21.6 Å². The SMILES string of the molecule is CCONC(=O)c1c(Nc2ccc(I)cc2F)n(C)c2nc(C3CC3CONC(=O)c3c(Nc4ccc(I)cc4F)n(C)c4ncccc34)ccc12. The average Bonchev–Trinajstić information content (AvgIpc) is 3.77. The molecule has 1 saturated carbocycles. The molecule has 0 spiro atoms. The molecule has 16 heteroatoms. The molecule has 4 N–H and O–H groups in total. The Bertz CT molecular complexity index is 2360. The molecule has 0 saturated heterocycles. The van der Waals surface area contributed by atoms with Gasteiger partial charge in [-0.3, -0.25) is 19.3 Å². The van der Waals surface area contributed by atoms with Crippen LogP contribution in [0.5, 0.6) is 0 Å². The highest BCUT2D eigenvalue weighted by molar-refractivity contribution is 14.1. The van der Waals surface area contributed by atoms with Crippen LogP contribution in [0.15, 0.2) is 66.9 Å². The fraction of sp³-hybridized carbons (Fsp3) is 0.222. The van der Waals surface area contributed by atoms with Gasteiger partial charge in [0.05, 0.1) is 35.7 Å². The molecule has 0 aliphatic heterocycles. The van der Waals surface area contributed by atoms with E-state index >= 15 is 0 Å². The van der Waals surface area contributed by atoms with Gasteiger partial charge in [-0.25, -0.2) is 29.7 Å². The van der Waals surface area contributed by atoms with Crippen molar-refractivity contribution in [3.63, 3.8) is 0 Å². The number of carbonyl (C=O) groups excluding carboxylic acids is 2. The number of hydrogen-bond acceptors (Lipinski definition) is 8. The van der Waals surface area contributed by atoms with Gasteiger partial charge in [0.2, 0.25) is 0 Å². The molecule has 4 heterocycles.